The zero-order valence-electron chi connectivity index (χ0n) is 15.6. The average molecular weight is 400 g/mol. The van der Waals surface area contributed by atoms with Crippen LogP contribution in [0.15, 0.2) is 42.6 Å². The van der Waals surface area contributed by atoms with E-state index in [2.05, 4.69) is 40.8 Å². The van der Waals surface area contributed by atoms with E-state index in [0.29, 0.717) is 22.1 Å². The van der Waals surface area contributed by atoms with Gasteiger partial charge in [0.05, 0.1) is 11.6 Å². The maximum absolute atomic E-state index is 6.06. The van der Waals surface area contributed by atoms with Crippen molar-refractivity contribution < 1.29 is 0 Å². The molecule has 28 heavy (non-hydrogen) atoms. The number of nitrogens with zero attached hydrogens (tertiary/aromatic N) is 3. The maximum Gasteiger partial charge on any atom is 0.228 e. The first-order valence-electron chi connectivity index (χ1n) is 9.05. The van der Waals surface area contributed by atoms with Crippen molar-refractivity contribution in [1.29, 1.82) is 0 Å². The molecular weight excluding hydrogens is 370 g/mol. The number of benzene rings is 1. The summed E-state index contributed by atoms with van der Waals surface area (Å²) in [6, 6.07) is 9.70. The number of para-hydroxylation sites is 1. The normalized spacial score (nSPS) is 11.6. The lowest BCUT2D eigenvalue weighted by Gasteiger charge is -2.31. The van der Waals surface area contributed by atoms with E-state index >= 15 is 0 Å². The van der Waals surface area contributed by atoms with Gasteiger partial charge in [-0.05, 0) is 25.0 Å². The van der Waals surface area contributed by atoms with E-state index in [9.17, 15) is 0 Å². The van der Waals surface area contributed by atoms with Crippen molar-refractivity contribution in [2.24, 2.45) is 5.73 Å². The third kappa shape index (κ3) is 4.51. The maximum atomic E-state index is 6.06. The first kappa shape index (κ1) is 21.4. The smallest absolute Gasteiger partial charge is 0.228 e. The highest BCUT2D eigenvalue weighted by atomic mass is 32.1. The van der Waals surface area contributed by atoms with Crippen molar-refractivity contribution in [2.45, 2.75) is 40.2 Å². The van der Waals surface area contributed by atoms with Crippen LogP contribution in [0.1, 0.15) is 34.1 Å². The molecule has 0 spiro atoms. The lowest BCUT2D eigenvalue weighted by atomic mass is 10.1. The largest absolute Gasteiger partial charge is 0.401 e. The Bertz CT molecular complexity index is 991. The van der Waals surface area contributed by atoms with E-state index in [1.807, 2.05) is 30.3 Å². The molecule has 0 aliphatic carbocycles. The second-order valence-electron chi connectivity index (χ2n) is 6.38. The average Bonchev–Trinajstić information content (AvgIpc) is 3.06. The number of aromatic amines is 2. The fourth-order valence-electron chi connectivity index (χ4n) is 3.13. The highest BCUT2D eigenvalue weighted by Gasteiger charge is 2.22. The Kier molecular flexibility index (Phi) is 7.17. The Balaban J connectivity index is 0.00000280. The molecule has 0 bridgehead atoms. The van der Waals surface area contributed by atoms with Gasteiger partial charge in [-0.3, -0.25) is 10.2 Å². The fourth-order valence-corrected chi connectivity index (χ4v) is 3.30. The van der Waals surface area contributed by atoms with Crippen molar-refractivity contribution in [2.75, 3.05) is 16.8 Å². The fraction of sp³-hybridized carbons (Fsp3) is 0.350. The Morgan fingerprint density at radius 1 is 1.29 bits per heavy atom. The SMILES string of the molecule is C.C=C(N)C(CC)N(CCC)c1nc(Nc2cc(=S)[nH][nH]2)c2ccccc2n1. The summed E-state index contributed by atoms with van der Waals surface area (Å²) >= 11 is 5.13. The number of rotatable bonds is 8. The van der Waals surface area contributed by atoms with Crippen molar-refractivity contribution in [3.8, 4) is 0 Å². The first-order chi connectivity index (χ1) is 13.0. The molecule has 0 aliphatic rings. The monoisotopic (exact) mass is 399 g/mol. The topological polar surface area (TPSA) is 98.6 Å². The molecule has 0 saturated carbocycles. The van der Waals surface area contributed by atoms with Gasteiger partial charge in [0.15, 0.2) is 0 Å². The van der Waals surface area contributed by atoms with E-state index in [1.54, 1.807) is 0 Å². The minimum absolute atomic E-state index is 0. The summed E-state index contributed by atoms with van der Waals surface area (Å²) in [5, 5.41) is 10.1. The van der Waals surface area contributed by atoms with Gasteiger partial charge in [0.1, 0.15) is 16.3 Å². The summed E-state index contributed by atoms with van der Waals surface area (Å²) < 4.78 is 0.620. The van der Waals surface area contributed by atoms with Gasteiger partial charge in [0.25, 0.3) is 0 Å². The summed E-state index contributed by atoms with van der Waals surface area (Å²) in [5.41, 5.74) is 7.54. The molecule has 0 saturated heterocycles. The van der Waals surface area contributed by atoms with Crippen LogP contribution in [0.3, 0.4) is 0 Å². The minimum Gasteiger partial charge on any atom is -0.401 e. The van der Waals surface area contributed by atoms with Crippen LogP contribution in [0.2, 0.25) is 0 Å². The molecule has 8 heteroatoms. The van der Waals surface area contributed by atoms with E-state index in [4.69, 9.17) is 27.9 Å². The molecular formula is C20H29N7S. The predicted octanol–water partition coefficient (Wildman–Crippen LogP) is 4.86. The molecule has 3 aromatic rings. The van der Waals surface area contributed by atoms with Gasteiger partial charge < -0.3 is 16.0 Å². The molecule has 0 amide bonds. The standard InChI is InChI=1S/C19H25N7S.CH4/c1-4-10-26(15(5-2)12(3)20)19-21-14-9-7-6-8-13(14)18(23-19)22-16-11-17(27)25-24-16;/h6-9,11,15H,3-5,10,20H2,1-2H3,(H3,21,22,23,24,25,27);1H4. The number of anilines is 3. The van der Waals surface area contributed by atoms with Crippen LogP contribution in [0.4, 0.5) is 17.6 Å². The quantitative estimate of drug-likeness (QED) is 0.404. The predicted molar refractivity (Wildman–Crippen MR) is 121 cm³/mol. The zero-order chi connectivity index (χ0) is 19.4. The van der Waals surface area contributed by atoms with Crippen LogP contribution in [0.25, 0.3) is 10.9 Å². The van der Waals surface area contributed by atoms with Crippen molar-refractivity contribution in [1.82, 2.24) is 20.2 Å². The Hall–Kier alpha value is -2.87. The van der Waals surface area contributed by atoms with E-state index in [1.165, 1.54) is 0 Å². The van der Waals surface area contributed by atoms with Crippen LogP contribution in [0.5, 0.6) is 0 Å². The summed E-state index contributed by atoms with van der Waals surface area (Å²) in [4.78, 5) is 11.7. The number of nitrogens with one attached hydrogen (secondary N) is 3. The molecule has 3 rings (SSSR count). The molecule has 0 radical (unpaired) electrons. The van der Waals surface area contributed by atoms with Gasteiger partial charge in [-0.1, -0.05) is 52.2 Å². The van der Waals surface area contributed by atoms with Crippen molar-refractivity contribution in [3.05, 3.63) is 47.2 Å². The molecule has 150 valence electrons. The second kappa shape index (κ2) is 9.36. The molecule has 2 aromatic heterocycles. The summed E-state index contributed by atoms with van der Waals surface area (Å²) in [6.07, 6.45) is 1.78. The van der Waals surface area contributed by atoms with E-state index in [0.717, 1.165) is 36.1 Å². The number of fused-ring (bicyclic) bond motifs is 1. The van der Waals surface area contributed by atoms with Gasteiger partial charge in [-0.15, -0.1) is 0 Å². The van der Waals surface area contributed by atoms with E-state index < -0.39 is 0 Å². The van der Waals surface area contributed by atoms with Crippen molar-refractivity contribution in [3.63, 3.8) is 0 Å². The molecule has 5 N–H and O–H groups in total. The highest BCUT2D eigenvalue weighted by molar-refractivity contribution is 7.71. The number of aromatic nitrogens is 4. The summed E-state index contributed by atoms with van der Waals surface area (Å²) in [5.74, 6) is 2.08. The zero-order valence-corrected chi connectivity index (χ0v) is 16.4. The Labute approximate surface area is 171 Å². The molecule has 0 aliphatic heterocycles. The summed E-state index contributed by atoms with van der Waals surface area (Å²) in [7, 11) is 0. The first-order valence-corrected chi connectivity index (χ1v) is 9.46. The van der Waals surface area contributed by atoms with Gasteiger partial charge in [0, 0.05) is 23.7 Å². The van der Waals surface area contributed by atoms with E-state index in [-0.39, 0.29) is 13.5 Å². The number of hydrogen-bond acceptors (Lipinski definition) is 6. The molecule has 1 atom stereocenters. The van der Waals surface area contributed by atoms with Gasteiger partial charge in [-0.25, -0.2) is 4.98 Å². The van der Waals surface area contributed by atoms with Crippen LogP contribution < -0.4 is 16.0 Å². The van der Waals surface area contributed by atoms with Gasteiger partial charge in [-0.2, -0.15) is 4.98 Å². The lowest BCUT2D eigenvalue weighted by molar-refractivity contribution is 0.612. The highest BCUT2D eigenvalue weighted by Crippen LogP contribution is 2.27. The van der Waals surface area contributed by atoms with Crippen LogP contribution in [-0.2, 0) is 0 Å². The molecule has 1 aromatic carbocycles. The number of hydrogen-bond donors (Lipinski definition) is 4. The summed E-state index contributed by atoms with van der Waals surface area (Å²) in [6.45, 7) is 8.96. The molecule has 1 unspecified atom stereocenters. The van der Waals surface area contributed by atoms with Crippen LogP contribution in [0, 0.1) is 4.64 Å². The van der Waals surface area contributed by atoms with Crippen LogP contribution >= 0.6 is 12.2 Å². The Morgan fingerprint density at radius 2 is 2.04 bits per heavy atom. The third-order valence-corrected chi connectivity index (χ3v) is 4.57. The van der Waals surface area contributed by atoms with Crippen LogP contribution in [-0.4, -0.2) is 32.8 Å². The molecule has 7 nitrogen and oxygen atoms in total. The number of nitrogens with two attached hydrogens (primary N) is 1. The minimum atomic E-state index is -0.0166. The third-order valence-electron chi connectivity index (χ3n) is 4.35. The second-order valence-corrected chi connectivity index (χ2v) is 6.82. The molecule has 2 heterocycles. The molecule has 0 fully saturated rings. The van der Waals surface area contributed by atoms with Gasteiger partial charge >= 0.3 is 0 Å². The van der Waals surface area contributed by atoms with Crippen molar-refractivity contribution >= 4 is 40.7 Å². The number of H-pyrrole nitrogens is 2. The lowest BCUT2D eigenvalue weighted by Crippen LogP contribution is -2.40. The van der Waals surface area contributed by atoms with Gasteiger partial charge in [0.2, 0.25) is 5.95 Å². The Morgan fingerprint density at radius 3 is 2.64 bits per heavy atom.